The minimum absolute atomic E-state index is 0.354. The number of nitrogens with zero attached hydrogens (tertiary/aromatic N) is 1. The Morgan fingerprint density at radius 2 is 1.69 bits per heavy atom. The van der Waals surface area contributed by atoms with Crippen LogP contribution < -0.4 is 4.90 Å². The lowest BCUT2D eigenvalue weighted by molar-refractivity contribution is -0.130. The molecule has 3 aromatic rings. The highest BCUT2D eigenvalue weighted by atomic mass is 35.5. The maximum Gasteiger partial charge on any atom is 0.381 e. The van der Waals surface area contributed by atoms with Crippen molar-refractivity contribution in [2.45, 2.75) is 24.9 Å². The number of rotatable bonds is 4. The molecule has 5 heteroatoms. The number of aliphatic hydroxyl groups is 1. The molecule has 0 bridgehead atoms. The lowest BCUT2D eigenvalue weighted by Crippen LogP contribution is -2.42. The molecular formula is C27H24ClNO3. The van der Waals surface area contributed by atoms with Gasteiger partial charge in [-0.3, -0.25) is 0 Å². The van der Waals surface area contributed by atoms with Crippen molar-refractivity contribution >= 4 is 23.3 Å². The van der Waals surface area contributed by atoms with Gasteiger partial charge in [-0.25, -0.2) is 4.79 Å². The minimum atomic E-state index is -1.13. The van der Waals surface area contributed by atoms with Gasteiger partial charge in [0.05, 0.1) is 5.60 Å². The molecule has 32 heavy (non-hydrogen) atoms. The van der Waals surface area contributed by atoms with E-state index in [-0.39, 0.29) is 0 Å². The Hall–Kier alpha value is -3.26. The first kappa shape index (κ1) is 22.0. The summed E-state index contributed by atoms with van der Waals surface area (Å²) in [5, 5.41) is 20.7. The SMILES string of the molecule is O=C(O)C#CCc1cc(N2CCC(O)(c3ccc(Cl)cc3)CC2)ccc1-c1ccccc1. The van der Waals surface area contributed by atoms with Crippen molar-refractivity contribution in [2.75, 3.05) is 18.0 Å². The average Bonchev–Trinajstić information content (AvgIpc) is 2.80. The summed E-state index contributed by atoms with van der Waals surface area (Å²) in [5.74, 6) is 3.85. The van der Waals surface area contributed by atoms with Crippen LogP contribution in [0.15, 0.2) is 72.8 Å². The molecular weight excluding hydrogens is 422 g/mol. The second-order valence-corrected chi connectivity index (χ2v) is 8.45. The van der Waals surface area contributed by atoms with E-state index >= 15 is 0 Å². The molecule has 0 aliphatic carbocycles. The Morgan fingerprint density at radius 3 is 2.34 bits per heavy atom. The fourth-order valence-electron chi connectivity index (χ4n) is 4.22. The van der Waals surface area contributed by atoms with Crippen LogP contribution in [-0.2, 0) is 16.8 Å². The van der Waals surface area contributed by atoms with Gasteiger partial charge < -0.3 is 15.1 Å². The summed E-state index contributed by atoms with van der Waals surface area (Å²) in [4.78, 5) is 13.1. The maximum absolute atomic E-state index is 11.2. The first-order valence-electron chi connectivity index (χ1n) is 10.6. The van der Waals surface area contributed by atoms with Crippen molar-refractivity contribution in [1.29, 1.82) is 0 Å². The number of anilines is 1. The third-order valence-corrected chi connectivity index (χ3v) is 6.24. The molecule has 1 aliphatic heterocycles. The number of piperidine rings is 1. The first-order chi connectivity index (χ1) is 15.4. The Kier molecular flexibility index (Phi) is 6.50. The molecule has 0 radical (unpaired) electrons. The summed E-state index contributed by atoms with van der Waals surface area (Å²) in [5.41, 5.74) is 4.19. The van der Waals surface area contributed by atoms with Crippen LogP contribution in [0, 0.1) is 11.8 Å². The molecule has 1 fully saturated rings. The van der Waals surface area contributed by atoms with Gasteiger partial charge in [0.1, 0.15) is 0 Å². The third-order valence-electron chi connectivity index (χ3n) is 5.99. The normalized spacial score (nSPS) is 15.0. The summed E-state index contributed by atoms with van der Waals surface area (Å²) in [6.45, 7) is 1.42. The highest BCUT2D eigenvalue weighted by Crippen LogP contribution is 2.36. The van der Waals surface area contributed by atoms with Gasteiger partial charge in [-0.1, -0.05) is 66.1 Å². The van der Waals surface area contributed by atoms with Crippen LogP contribution in [0.1, 0.15) is 24.0 Å². The van der Waals surface area contributed by atoms with E-state index in [1.165, 1.54) is 0 Å². The molecule has 0 aromatic heterocycles. The Balaban J connectivity index is 1.57. The molecule has 0 atom stereocenters. The molecule has 1 heterocycles. The van der Waals surface area contributed by atoms with Gasteiger partial charge in [0.25, 0.3) is 0 Å². The number of hydrogen-bond acceptors (Lipinski definition) is 3. The van der Waals surface area contributed by atoms with E-state index in [0.29, 0.717) is 37.4 Å². The molecule has 2 N–H and O–H groups in total. The molecule has 1 saturated heterocycles. The second-order valence-electron chi connectivity index (χ2n) is 8.02. The molecule has 0 saturated carbocycles. The van der Waals surface area contributed by atoms with Gasteiger partial charge in [-0.2, -0.15) is 0 Å². The monoisotopic (exact) mass is 445 g/mol. The molecule has 162 valence electrons. The Labute approximate surface area is 193 Å². The van der Waals surface area contributed by atoms with E-state index < -0.39 is 11.6 Å². The topological polar surface area (TPSA) is 60.8 Å². The first-order valence-corrected chi connectivity index (χ1v) is 11.0. The molecule has 0 amide bonds. The number of benzene rings is 3. The van der Waals surface area contributed by atoms with E-state index in [1.807, 2.05) is 54.6 Å². The second kappa shape index (κ2) is 9.48. The van der Waals surface area contributed by atoms with Gasteiger partial charge in [-0.15, -0.1) is 0 Å². The van der Waals surface area contributed by atoms with Crippen LogP contribution in [0.2, 0.25) is 5.02 Å². The fraction of sp³-hybridized carbons (Fsp3) is 0.222. The van der Waals surface area contributed by atoms with Gasteiger partial charge in [0.2, 0.25) is 0 Å². The zero-order chi connectivity index (χ0) is 22.6. The molecule has 1 aliphatic rings. The quantitative estimate of drug-likeness (QED) is 0.547. The lowest BCUT2D eigenvalue weighted by Gasteiger charge is -2.40. The number of halogens is 1. The number of carbonyl (C=O) groups is 1. The summed E-state index contributed by atoms with van der Waals surface area (Å²) >= 11 is 5.99. The highest BCUT2D eigenvalue weighted by molar-refractivity contribution is 6.30. The van der Waals surface area contributed by atoms with Crippen LogP contribution in [0.4, 0.5) is 5.69 Å². The van der Waals surface area contributed by atoms with Crippen molar-refractivity contribution in [3.63, 3.8) is 0 Å². The van der Waals surface area contributed by atoms with E-state index in [4.69, 9.17) is 16.7 Å². The van der Waals surface area contributed by atoms with Crippen LogP contribution in [0.5, 0.6) is 0 Å². The molecule has 4 nitrogen and oxygen atoms in total. The zero-order valence-electron chi connectivity index (χ0n) is 17.6. The van der Waals surface area contributed by atoms with E-state index in [1.54, 1.807) is 0 Å². The molecule has 4 rings (SSSR count). The number of carboxylic acid groups (broad SMARTS) is 1. The summed E-state index contributed by atoms with van der Waals surface area (Å²) in [6, 6.07) is 23.7. The van der Waals surface area contributed by atoms with Crippen molar-refractivity contribution in [2.24, 2.45) is 0 Å². The van der Waals surface area contributed by atoms with Gasteiger partial charge in [0, 0.05) is 36.1 Å². The van der Waals surface area contributed by atoms with Gasteiger partial charge in [-0.05, 0) is 59.4 Å². The third kappa shape index (κ3) is 4.96. The van der Waals surface area contributed by atoms with E-state index in [9.17, 15) is 9.90 Å². The van der Waals surface area contributed by atoms with E-state index in [0.717, 1.165) is 27.9 Å². The van der Waals surface area contributed by atoms with Crippen LogP contribution >= 0.6 is 11.6 Å². The molecule has 0 unspecified atom stereocenters. The zero-order valence-corrected chi connectivity index (χ0v) is 18.3. The van der Waals surface area contributed by atoms with Crippen LogP contribution in [-0.4, -0.2) is 29.3 Å². The number of aliphatic carboxylic acids is 1. The van der Waals surface area contributed by atoms with Crippen LogP contribution in [0.25, 0.3) is 11.1 Å². The molecule has 3 aromatic carbocycles. The average molecular weight is 446 g/mol. The van der Waals surface area contributed by atoms with E-state index in [2.05, 4.69) is 34.9 Å². The summed E-state index contributed by atoms with van der Waals surface area (Å²) < 4.78 is 0. The van der Waals surface area contributed by atoms with Crippen molar-refractivity contribution in [3.8, 4) is 23.0 Å². The van der Waals surface area contributed by atoms with Crippen molar-refractivity contribution in [1.82, 2.24) is 0 Å². The molecule has 0 spiro atoms. The Morgan fingerprint density at radius 1 is 1.00 bits per heavy atom. The standard InChI is InChI=1S/C27H24ClNO3/c28-23-11-9-22(10-12-23)27(32)15-17-29(18-16-27)24-13-14-25(20-5-2-1-3-6-20)21(19-24)7-4-8-26(30)31/h1-3,5-6,9-14,19,32H,7,15-18H2,(H,30,31). The lowest BCUT2D eigenvalue weighted by atomic mass is 9.84. The summed E-state index contributed by atoms with van der Waals surface area (Å²) in [7, 11) is 0. The summed E-state index contributed by atoms with van der Waals surface area (Å²) in [6.07, 6.45) is 1.58. The number of carboxylic acids is 1. The predicted molar refractivity (Wildman–Crippen MR) is 128 cm³/mol. The van der Waals surface area contributed by atoms with Gasteiger partial charge in [0.15, 0.2) is 0 Å². The number of hydrogen-bond donors (Lipinski definition) is 2. The fourth-order valence-corrected chi connectivity index (χ4v) is 4.35. The van der Waals surface area contributed by atoms with Gasteiger partial charge >= 0.3 is 5.97 Å². The van der Waals surface area contributed by atoms with Crippen molar-refractivity contribution < 1.29 is 15.0 Å². The highest BCUT2D eigenvalue weighted by Gasteiger charge is 2.34. The Bertz CT molecular complexity index is 1160. The minimum Gasteiger partial charge on any atom is -0.472 e. The van der Waals surface area contributed by atoms with Crippen molar-refractivity contribution in [3.05, 3.63) is 88.9 Å². The predicted octanol–water partition coefficient (Wildman–Crippen LogP) is 5.13. The smallest absolute Gasteiger partial charge is 0.381 e. The maximum atomic E-state index is 11.2. The largest absolute Gasteiger partial charge is 0.472 e. The van der Waals surface area contributed by atoms with Crippen LogP contribution in [0.3, 0.4) is 0 Å².